The zero-order valence-corrected chi connectivity index (χ0v) is 20.0. The molecule has 1 aliphatic rings. The Kier molecular flexibility index (Phi) is 5.48. The maximum atomic E-state index is 11.4. The quantitative estimate of drug-likeness (QED) is 0.336. The van der Waals surface area contributed by atoms with Crippen molar-refractivity contribution in [1.82, 2.24) is 24.9 Å². The third-order valence-corrected chi connectivity index (χ3v) is 7.02. The lowest BCUT2D eigenvalue weighted by atomic mass is 9.96. The number of nitrogens with two attached hydrogens (primary N) is 1. The van der Waals surface area contributed by atoms with Crippen molar-refractivity contribution in [3.05, 3.63) is 84.1 Å². The van der Waals surface area contributed by atoms with Crippen molar-refractivity contribution in [2.45, 2.75) is 25.7 Å². The number of benzene rings is 2. The maximum Gasteiger partial charge on any atom is 0.248 e. The summed E-state index contributed by atoms with van der Waals surface area (Å²) in [4.78, 5) is 34.7. The molecule has 1 aliphatic heterocycles. The van der Waals surface area contributed by atoms with Crippen molar-refractivity contribution < 1.29 is 4.79 Å². The summed E-state index contributed by atoms with van der Waals surface area (Å²) in [5.41, 5.74) is 11.8. The fourth-order valence-corrected chi connectivity index (χ4v) is 5.07. The Morgan fingerprint density at radius 2 is 1.72 bits per heavy atom. The van der Waals surface area contributed by atoms with E-state index in [2.05, 4.69) is 50.0 Å². The van der Waals surface area contributed by atoms with E-state index in [-0.39, 0.29) is 0 Å². The third-order valence-electron chi connectivity index (χ3n) is 7.02. The summed E-state index contributed by atoms with van der Waals surface area (Å²) in [6, 6.07) is 19.7. The summed E-state index contributed by atoms with van der Waals surface area (Å²) in [5.74, 6) is 1.97. The molecule has 8 heteroatoms. The molecular weight excluding hydrogens is 450 g/mol. The number of amides is 1. The van der Waals surface area contributed by atoms with Crippen molar-refractivity contribution in [1.29, 1.82) is 0 Å². The van der Waals surface area contributed by atoms with Gasteiger partial charge in [0.1, 0.15) is 23.6 Å². The molecule has 0 atom stereocenters. The van der Waals surface area contributed by atoms with Gasteiger partial charge in [-0.25, -0.2) is 15.0 Å². The lowest BCUT2D eigenvalue weighted by molar-refractivity contribution is 0.100. The number of rotatable bonds is 5. The summed E-state index contributed by atoms with van der Waals surface area (Å²) >= 11 is 0. The van der Waals surface area contributed by atoms with Gasteiger partial charge < -0.3 is 20.6 Å². The van der Waals surface area contributed by atoms with E-state index < -0.39 is 5.91 Å². The first kappa shape index (κ1) is 22.0. The first-order chi connectivity index (χ1) is 17.6. The van der Waals surface area contributed by atoms with Crippen molar-refractivity contribution in [2.24, 2.45) is 5.73 Å². The molecule has 5 aromatic rings. The highest BCUT2D eigenvalue weighted by atomic mass is 16.1. The SMILES string of the molecule is Cc1[nH]c(C2CCN(c3ncnc4[nH]c(-c5ccc(C(N)=O)cc5)cc34)CC2)nc1-c1ccccc1. The van der Waals surface area contributed by atoms with Crippen LogP contribution in [0.25, 0.3) is 33.5 Å². The molecule has 1 amide bonds. The average molecular weight is 478 g/mol. The lowest BCUT2D eigenvalue weighted by Crippen LogP contribution is -2.33. The average Bonchev–Trinajstić information content (AvgIpc) is 3.53. The van der Waals surface area contributed by atoms with Crippen LogP contribution in [-0.2, 0) is 0 Å². The number of hydrogen-bond donors (Lipinski definition) is 3. The largest absolute Gasteiger partial charge is 0.366 e. The van der Waals surface area contributed by atoms with Crippen molar-refractivity contribution in [2.75, 3.05) is 18.0 Å². The number of primary amides is 1. The molecule has 0 aliphatic carbocycles. The molecule has 0 spiro atoms. The van der Waals surface area contributed by atoms with Crippen LogP contribution >= 0.6 is 0 Å². The Labute approximate surface area is 208 Å². The van der Waals surface area contributed by atoms with E-state index in [1.54, 1.807) is 18.5 Å². The molecule has 180 valence electrons. The number of carbonyl (C=O) groups excluding carboxylic acids is 1. The second-order valence-electron chi connectivity index (χ2n) is 9.31. The van der Waals surface area contributed by atoms with Crippen LogP contribution in [0.2, 0.25) is 0 Å². The van der Waals surface area contributed by atoms with E-state index in [9.17, 15) is 4.79 Å². The van der Waals surface area contributed by atoms with Gasteiger partial charge in [0.25, 0.3) is 0 Å². The number of aryl methyl sites for hydroxylation is 1. The van der Waals surface area contributed by atoms with Gasteiger partial charge in [-0.05, 0) is 43.5 Å². The second-order valence-corrected chi connectivity index (χ2v) is 9.31. The minimum atomic E-state index is -0.434. The van der Waals surface area contributed by atoms with Gasteiger partial charge >= 0.3 is 0 Å². The summed E-state index contributed by atoms with van der Waals surface area (Å²) in [6.45, 7) is 3.88. The van der Waals surface area contributed by atoms with Crippen LogP contribution in [-0.4, -0.2) is 43.9 Å². The van der Waals surface area contributed by atoms with Gasteiger partial charge in [0, 0.05) is 41.5 Å². The standard InChI is InChI=1S/C28H27N7O/c1-17-24(19-5-3-2-4-6-19)34-26(32-17)21-11-13-35(14-12-21)28-22-15-23(33-27(22)30-16-31-28)18-7-9-20(10-8-18)25(29)36/h2-10,15-16,21H,11-14H2,1H3,(H2,29,36)(H,32,34)(H,30,31,33). The highest BCUT2D eigenvalue weighted by Crippen LogP contribution is 2.34. The Bertz CT molecular complexity index is 1530. The van der Waals surface area contributed by atoms with Crippen LogP contribution in [0.3, 0.4) is 0 Å². The molecule has 36 heavy (non-hydrogen) atoms. The van der Waals surface area contributed by atoms with Crippen molar-refractivity contribution in [3.8, 4) is 22.5 Å². The number of imidazole rings is 1. The molecule has 3 aromatic heterocycles. The maximum absolute atomic E-state index is 11.4. The van der Waals surface area contributed by atoms with Gasteiger partial charge in [0.2, 0.25) is 5.91 Å². The number of nitrogens with zero attached hydrogens (tertiary/aromatic N) is 4. The molecule has 0 unspecified atom stereocenters. The van der Waals surface area contributed by atoms with E-state index in [0.29, 0.717) is 11.5 Å². The van der Waals surface area contributed by atoms with Crippen LogP contribution in [0.15, 0.2) is 67.0 Å². The molecule has 6 rings (SSSR count). The fourth-order valence-electron chi connectivity index (χ4n) is 5.07. The molecule has 4 heterocycles. The van der Waals surface area contributed by atoms with E-state index in [4.69, 9.17) is 10.7 Å². The van der Waals surface area contributed by atoms with Gasteiger partial charge in [0.05, 0.1) is 11.1 Å². The number of fused-ring (bicyclic) bond motifs is 1. The fraction of sp³-hybridized carbons (Fsp3) is 0.214. The minimum absolute atomic E-state index is 0.389. The van der Waals surface area contributed by atoms with Gasteiger partial charge in [-0.3, -0.25) is 4.79 Å². The highest BCUT2D eigenvalue weighted by molar-refractivity contribution is 5.94. The normalized spacial score (nSPS) is 14.4. The Hall–Kier alpha value is -4.46. The zero-order valence-electron chi connectivity index (χ0n) is 20.0. The first-order valence-corrected chi connectivity index (χ1v) is 12.2. The Morgan fingerprint density at radius 3 is 2.44 bits per heavy atom. The van der Waals surface area contributed by atoms with E-state index in [0.717, 1.165) is 76.8 Å². The molecule has 1 fully saturated rings. The third kappa shape index (κ3) is 4.00. The molecule has 0 radical (unpaired) electrons. The summed E-state index contributed by atoms with van der Waals surface area (Å²) in [7, 11) is 0. The summed E-state index contributed by atoms with van der Waals surface area (Å²) in [5, 5.41) is 0.991. The number of hydrogen-bond acceptors (Lipinski definition) is 5. The smallest absolute Gasteiger partial charge is 0.248 e. The molecule has 0 bridgehead atoms. The van der Waals surface area contributed by atoms with E-state index in [1.165, 1.54) is 0 Å². The number of aromatic nitrogens is 5. The van der Waals surface area contributed by atoms with Crippen molar-refractivity contribution in [3.63, 3.8) is 0 Å². The monoisotopic (exact) mass is 477 g/mol. The predicted octanol–water partition coefficient (Wildman–Crippen LogP) is 4.81. The van der Waals surface area contributed by atoms with Gasteiger partial charge in [-0.2, -0.15) is 0 Å². The van der Waals surface area contributed by atoms with Gasteiger partial charge in [-0.1, -0.05) is 42.5 Å². The number of carbonyl (C=O) groups is 1. The predicted molar refractivity (Wildman–Crippen MR) is 141 cm³/mol. The lowest BCUT2D eigenvalue weighted by Gasteiger charge is -2.32. The Morgan fingerprint density at radius 1 is 0.972 bits per heavy atom. The number of aromatic amines is 2. The van der Waals surface area contributed by atoms with Crippen LogP contribution in [0, 0.1) is 6.92 Å². The highest BCUT2D eigenvalue weighted by Gasteiger charge is 2.26. The molecule has 0 saturated carbocycles. The summed E-state index contributed by atoms with van der Waals surface area (Å²) < 4.78 is 0. The molecular formula is C28H27N7O. The molecule has 2 aromatic carbocycles. The van der Waals surface area contributed by atoms with Gasteiger partial charge in [-0.15, -0.1) is 0 Å². The van der Waals surface area contributed by atoms with Crippen LogP contribution < -0.4 is 10.6 Å². The molecule has 4 N–H and O–H groups in total. The topological polar surface area (TPSA) is 117 Å². The van der Waals surface area contributed by atoms with E-state index >= 15 is 0 Å². The van der Waals surface area contributed by atoms with Crippen LogP contribution in [0.1, 0.15) is 40.6 Å². The second kappa shape index (κ2) is 8.96. The van der Waals surface area contributed by atoms with Crippen LogP contribution in [0.5, 0.6) is 0 Å². The van der Waals surface area contributed by atoms with Gasteiger partial charge in [0.15, 0.2) is 0 Å². The molecule has 8 nitrogen and oxygen atoms in total. The number of piperidine rings is 1. The van der Waals surface area contributed by atoms with E-state index in [1.807, 2.05) is 30.3 Å². The zero-order chi connectivity index (χ0) is 24.6. The Balaban J connectivity index is 1.21. The minimum Gasteiger partial charge on any atom is -0.366 e. The number of anilines is 1. The number of nitrogens with one attached hydrogen (secondary N) is 2. The van der Waals surface area contributed by atoms with Crippen molar-refractivity contribution >= 4 is 22.8 Å². The first-order valence-electron chi connectivity index (χ1n) is 12.2. The van der Waals surface area contributed by atoms with Crippen LogP contribution in [0.4, 0.5) is 5.82 Å². The molecule has 1 saturated heterocycles. The number of H-pyrrole nitrogens is 2. The summed E-state index contributed by atoms with van der Waals surface area (Å²) in [6.07, 6.45) is 3.61.